The van der Waals surface area contributed by atoms with Crippen LogP contribution in [-0.4, -0.2) is 0 Å². The summed E-state index contributed by atoms with van der Waals surface area (Å²) >= 11 is 0. The van der Waals surface area contributed by atoms with Crippen molar-refractivity contribution in [2.24, 2.45) is 5.73 Å². The third-order valence-electron chi connectivity index (χ3n) is 2.67. The molecule has 2 heteroatoms. The fourth-order valence-corrected chi connectivity index (χ4v) is 1.99. The molecule has 0 amide bonds. The average Bonchev–Trinajstić information content (AvgIpc) is 2.18. The van der Waals surface area contributed by atoms with E-state index in [1.165, 1.54) is 11.1 Å². The largest absolute Gasteiger partial charge is 0.324 e. The van der Waals surface area contributed by atoms with Gasteiger partial charge in [-0.3, -0.25) is 0 Å². The molecule has 0 saturated heterocycles. The van der Waals surface area contributed by atoms with E-state index >= 15 is 0 Å². The fraction of sp³-hybridized carbons (Fsp3) is 0.364. The van der Waals surface area contributed by atoms with Crippen molar-refractivity contribution in [3.63, 3.8) is 0 Å². The van der Waals surface area contributed by atoms with Gasteiger partial charge in [0.05, 0.1) is 11.6 Å². The van der Waals surface area contributed by atoms with Crippen molar-refractivity contribution in [3.8, 4) is 6.07 Å². The molecule has 1 aliphatic rings. The maximum atomic E-state index is 8.89. The van der Waals surface area contributed by atoms with E-state index in [-0.39, 0.29) is 6.04 Å². The van der Waals surface area contributed by atoms with Gasteiger partial charge in [0.15, 0.2) is 0 Å². The summed E-state index contributed by atoms with van der Waals surface area (Å²) in [5, 5.41) is 8.89. The quantitative estimate of drug-likeness (QED) is 0.649. The molecule has 1 aromatic rings. The van der Waals surface area contributed by atoms with Gasteiger partial charge in [0.25, 0.3) is 0 Å². The normalized spacial score (nSPS) is 20.5. The molecule has 0 fully saturated rings. The Hall–Kier alpha value is -1.33. The van der Waals surface area contributed by atoms with E-state index in [0.717, 1.165) is 24.8 Å². The lowest BCUT2D eigenvalue weighted by Gasteiger charge is -2.22. The van der Waals surface area contributed by atoms with Crippen molar-refractivity contribution in [3.05, 3.63) is 34.9 Å². The Morgan fingerprint density at radius 3 is 3.08 bits per heavy atom. The zero-order chi connectivity index (χ0) is 9.26. The maximum Gasteiger partial charge on any atom is 0.0994 e. The summed E-state index contributed by atoms with van der Waals surface area (Å²) < 4.78 is 0. The Kier molecular flexibility index (Phi) is 2.03. The van der Waals surface area contributed by atoms with Crippen molar-refractivity contribution in [2.75, 3.05) is 0 Å². The Morgan fingerprint density at radius 2 is 2.31 bits per heavy atom. The molecule has 0 saturated carbocycles. The summed E-state index contributed by atoms with van der Waals surface area (Å²) in [6, 6.07) is 8.19. The Bertz CT molecular complexity index is 363. The highest BCUT2D eigenvalue weighted by Gasteiger charge is 2.18. The van der Waals surface area contributed by atoms with Gasteiger partial charge in [0.2, 0.25) is 0 Å². The number of hydrogen-bond donors (Lipinski definition) is 1. The van der Waals surface area contributed by atoms with Crippen LogP contribution in [0.5, 0.6) is 0 Å². The third kappa shape index (κ3) is 1.32. The first-order valence-electron chi connectivity index (χ1n) is 4.60. The number of hydrogen-bond acceptors (Lipinski definition) is 2. The minimum Gasteiger partial charge on any atom is -0.324 e. The van der Waals surface area contributed by atoms with E-state index in [2.05, 4.69) is 6.07 Å². The van der Waals surface area contributed by atoms with Crippen LogP contribution < -0.4 is 5.73 Å². The summed E-state index contributed by atoms with van der Waals surface area (Å²) in [6.45, 7) is 0. The Labute approximate surface area is 78.0 Å². The summed E-state index contributed by atoms with van der Waals surface area (Å²) in [6.07, 6.45) is 3.15. The van der Waals surface area contributed by atoms with Gasteiger partial charge in [-0.2, -0.15) is 5.26 Å². The van der Waals surface area contributed by atoms with Crippen molar-refractivity contribution < 1.29 is 0 Å². The summed E-state index contributed by atoms with van der Waals surface area (Å²) in [4.78, 5) is 0. The van der Waals surface area contributed by atoms with Gasteiger partial charge in [0, 0.05) is 6.04 Å². The van der Waals surface area contributed by atoms with E-state index < -0.39 is 0 Å². The molecule has 0 bridgehead atoms. The number of fused-ring (bicyclic) bond motifs is 1. The van der Waals surface area contributed by atoms with Crippen LogP contribution in [0, 0.1) is 11.3 Å². The van der Waals surface area contributed by atoms with Crippen LogP contribution >= 0.6 is 0 Å². The predicted octanol–water partition coefficient (Wildman–Crippen LogP) is 1.89. The molecule has 13 heavy (non-hydrogen) atoms. The molecule has 2 nitrogen and oxygen atoms in total. The monoisotopic (exact) mass is 172 g/mol. The van der Waals surface area contributed by atoms with Crippen LogP contribution in [0.3, 0.4) is 0 Å². The number of nitrogens with zero attached hydrogens (tertiary/aromatic N) is 1. The molecule has 0 radical (unpaired) electrons. The molecule has 2 rings (SSSR count). The zero-order valence-corrected chi connectivity index (χ0v) is 7.46. The van der Waals surface area contributed by atoms with Crippen LogP contribution in [-0.2, 0) is 6.42 Å². The summed E-state index contributed by atoms with van der Waals surface area (Å²) in [5.41, 5.74) is 9.10. The molecular weight excluding hydrogens is 160 g/mol. The Morgan fingerprint density at radius 1 is 1.46 bits per heavy atom. The van der Waals surface area contributed by atoms with Gasteiger partial charge in [-0.15, -0.1) is 0 Å². The van der Waals surface area contributed by atoms with Gasteiger partial charge in [-0.1, -0.05) is 12.1 Å². The van der Waals surface area contributed by atoms with Crippen LogP contribution in [0.4, 0.5) is 0 Å². The van der Waals surface area contributed by atoms with E-state index in [4.69, 9.17) is 11.0 Å². The summed E-state index contributed by atoms with van der Waals surface area (Å²) in [7, 11) is 0. The summed E-state index contributed by atoms with van der Waals surface area (Å²) in [5.74, 6) is 0. The lowest BCUT2D eigenvalue weighted by atomic mass is 9.86. The van der Waals surface area contributed by atoms with E-state index in [0.29, 0.717) is 0 Å². The highest BCUT2D eigenvalue weighted by atomic mass is 14.6. The van der Waals surface area contributed by atoms with E-state index in [1.54, 1.807) is 0 Å². The topological polar surface area (TPSA) is 49.8 Å². The number of benzene rings is 1. The minimum absolute atomic E-state index is 0.136. The van der Waals surface area contributed by atoms with Gasteiger partial charge in [-0.25, -0.2) is 0 Å². The number of nitriles is 1. The van der Waals surface area contributed by atoms with Gasteiger partial charge < -0.3 is 5.73 Å². The van der Waals surface area contributed by atoms with E-state index in [9.17, 15) is 0 Å². The number of nitrogens with two attached hydrogens (primary N) is 1. The number of rotatable bonds is 0. The first-order valence-corrected chi connectivity index (χ1v) is 4.60. The van der Waals surface area contributed by atoms with Crippen molar-refractivity contribution in [1.82, 2.24) is 0 Å². The standard InChI is InChI=1S/C11H12N2/c12-7-8-3-1-5-10-9(8)4-2-6-11(10)13/h1,3,5,11H,2,4,6,13H2/t11-/m1/s1. The molecule has 0 unspecified atom stereocenters. The molecule has 1 aromatic carbocycles. The van der Waals surface area contributed by atoms with Gasteiger partial charge in [0.1, 0.15) is 0 Å². The second-order valence-corrected chi connectivity index (χ2v) is 3.48. The van der Waals surface area contributed by atoms with Crippen molar-refractivity contribution in [2.45, 2.75) is 25.3 Å². The van der Waals surface area contributed by atoms with E-state index in [1.807, 2.05) is 18.2 Å². The minimum atomic E-state index is 0.136. The SMILES string of the molecule is N#Cc1cccc2c1CCC[C@H]2N. The molecule has 0 aromatic heterocycles. The van der Waals surface area contributed by atoms with Gasteiger partial charge in [-0.05, 0) is 36.5 Å². The predicted molar refractivity (Wildman–Crippen MR) is 51.0 cm³/mol. The first kappa shape index (κ1) is 8.28. The Balaban J connectivity index is 2.56. The lowest BCUT2D eigenvalue weighted by molar-refractivity contribution is 0.569. The molecule has 0 heterocycles. The highest BCUT2D eigenvalue weighted by Crippen LogP contribution is 2.29. The molecule has 0 aliphatic heterocycles. The molecule has 0 spiro atoms. The maximum absolute atomic E-state index is 8.89. The van der Waals surface area contributed by atoms with Crippen molar-refractivity contribution in [1.29, 1.82) is 5.26 Å². The molecule has 2 N–H and O–H groups in total. The molecular formula is C11H12N2. The van der Waals surface area contributed by atoms with Crippen molar-refractivity contribution >= 4 is 0 Å². The second kappa shape index (κ2) is 3.20. The molecule has 66 valence electrons. The lowest BCUT2D eigenvalue weighted by Crippen LogP contribution is -2.18. The third-order valence-corrected chi connectivity index (χ3v) is 2.67. The molecule has 1 atom stereocenters. The van der Waals surface area contributed by atoms with Crippen LogP contribution in [0.25, 0.3) is 0 Å². The smallest absolute Gasteiger partial charge is 0.0994 e. The van der Waals surface area contributed by atoms with Crippen LogP contribution in [0.2, 0.25) is 0 Å². The van der Waals surface area contributed by atoms with Gasteiger partial charge >= 0.3 is 0 Å². The first-order chi connectivity index (χ1) is 6.33. The van der Waals surface area contributed by atoms with Crippen LogP contribution in [0.1, 0.15) is 35.6 Å². The average molecular weight is 172 g/mol. The fourth-order valence-electron chi connectivity index (χ4n) is 1.99. The molecule has 1 aliphatic carbocycles. The van der Waals surface area contributed by atoms with Crippen LogP contribution in [0.15, 0.2) is 18.2 Å². The second-order valence-electron chi connectivity index (χ2n) is 3.48. The zero-order valence-electron chi connectivity index (χ0n) is 7.46. The highest BCUT2D eigenvalue weighted by molar-refractivity contribution is 5.45.